The maximum absolute atomic E-state index is 13.1. The molecule has 0 spiro atoms. The van der Waals surface area contributed by atoms with Crippen LogP contribution >= 0.6 is 0 Å². The summed E-state index contributed by atoms with van der Waals surface area (Å²) in [4.78, 5) is 17.7. The van der Waals surface area contributed by atoms with Gasteiger partial charge < -0.3 is 10.1 Å². The van der Waals surface area contributed by atoms with Crippen molar-refractivity contribution in [3.8, 4) is 22.8 Å². The molecule has 1 aromatic heterocycles. The van der Waals surface area contributed by atoms with Crippen LogP contribution < -0.4 is 10.1 Å². The molecule has 1 amide bonds. The predicted molar refractivity (Wildman–Crippen MR) is 135 cm³/mol. The molecule has 1 N–H and O–H groups in total. The van der Waals surface area contributed by atoms with Crippen LogP contribution in [-0.2, 0) is 0 Å². The number of carbonyl (C=O) groups is 1. The van der Waals surface area contributed by atoms with Crippen molar-refractivity contribution in [3.63, 3.8) is 0 Å². The third kappa shape index (κ3) is 4.38. The van der Waals surface area contributed by atoms with Crippen molar-refractivity contribution in [2.45, 2.75) is 13.8 Å². The molecule has 0 bridgehead atoms. The molecule has 0 atom stereocenters. The van der Waals surface area contributed by atoms with Crippen molar-refractivity contribution < 1.29 is 9.53 Å². The number of nitrogens with one attached hydrogen (secondary N) is 1. The summed E-state index contributed by atoms with van der Waals surface area (Å²) in [5.74, 6) is 1.10. The first-order chi connectivity index (χ1) is 16.6. The van der Waals surface area contributed by atoms with Gasteiger partial charge in [-0.25, -0.2) is 9.67 Å². The van der Waals surface area contributed by atoms with Crippen LogP contribution in [-0.4, -0.2) is 27.3 Å². The quantitative estimate of drug-likeness (QED) is 0.343. The van der Waals surface area contributed by atoms with E-state index in [4.69, 9.17) is 4.74 Å². The summed E-state index contributed by atoms with van der Waals surface area (Å²) in [6, 6.07) is 29.4. The first-order valence-electron chi connectivity index (χ1n) is 11.2. The molecule has 5 rings (SSSR count). The summed E-state index contributed by atoms with van der Waals surface area (Å²) in [6.07, 6.45) is 0. The third-order valence-electron chi connectivity index (χ3n) is 5.49. The lowest BCUT2D eigenvalue weighted by atomic mass is 10.1. The number of aryl methyl sites for hydroxylation is 1. The van der Waals surface area contributed by atoms with E-state index in [0.29, 0.717) is 18.1 Å². The van der Waals surface area contributed by atoms with Crippen molar-refractivity contribution in [1.29, 1.82) is 0 Å². The van der Waals surface area contributed by atoms with Gasteiger partial charge in [-0.15, -0.1) is 5.10 Å². The molecule has 0 saturated heterocycles. The standard InChI is InChI=1S/C28H24N4O2/c1-3-34-25-15-13-24(14-16-25)32-27(22-10-6-7-19(2)17-22)30-26(31-32)28(33)29-23-12-11-20-8-4-5-9-21(20)18-23/h4-18H,3H2,1-2H3,(H,29,33). The Balaban J connectivity index is 1.51. The zero-order valence-corrected chi connectivity index (χ0v) is 19.0. The smallest absolute Gasteiger partial charge is 0.295 e. The second-order valence-corrected chi connectivity index (χ2v) is 7.98. The highest BCUT2D eigenvalue weighted by Gasteiger charge is 2.19. The molecule has 168 valence electrons. The molecule has 0 aliphatic carbocycles. The Kier molecular flexibility index (Phi) is 5.79. The van der Waals surface area contributed by atoms with Gasteiger partial charge in [0.25, 0.3) is 5.91 Å². The monoisotopic (exact) mass is 448 g/mol. The molecule has 4 aromatic carbocycles. The van der Waals surface area contributed by atoms with E-state index in [9.17, 15) is 4.79 Å². The van der Waals surface area contributed by atoms with Gasteiger partial charge >= 0.3 is 0 Å². The Morgan fingerprint density at radius 2 is 1.71 bits per heavy atom. The number of anilines is 1. The molecule has 0 fully saturated rings. The zero-order valence-electron chi connectivity index (χ0n) is 19.0. The number of hydrogen-bond donors (Lipinski definition) is 1. The van der Waals surface area contributed by atoms with Gasteiger partial charge in [0.1, 0.15) is 5.75 Å². The fraction of sp³-hybridized carbons (Fsp3) is 0.107. The van der Waals surface area contributed by atoms with Gasteiger partial charge in [0.2, 0.25) is 5.82 Å². The van der Waals surface area contributed by atoms with Crippen LogP contribution in [0.15, 0.2) is 91.0 Å². The van der Waals surface area contributed by atoms with Crippen LogP contribution in [0.25, 0.3) is 27.8 Å². The maximum atomic E-state index is 13.1. The molecule has 5 aromatic rings. The van der Waals surface area contributed by atoms with Gasteiger partial charge in [0.15, 0.2) is 5.82 Å². The Morgan fingerprint density at radius 3 is 2.47 bits per heavy atom. The largest absolute Gasteiger partial charge is 0.494 e. The number of carbonyl (C=O) groups excluding carboxylic acids is 1. The number of nitrogens with zero attached hydrogens (tertiary/aromatic N) is 3. The Bertz CT molecular complexity index is 1470. The van der Waals surface area contributed by atoms with Crippen molar-refractivity contribution in [1.82, 2.24) is 14.8 Å². The van der Waals surface area contributed by atoms with Gasteiger partial charge in [0.05, 0.1) is 12.3 Å². The van der Waals surface area contributed by atoms with Crippen LogP contribution in [0.4, 0.5) is 5.69 Å². The van der Waals surface area contributed by atoms with E-state index in [1.165, 1.54) is 0 Å². The summed E-state index contributed by atoms with van der Waals surface area (Å²) < 4.78 is 7.25. The van der Waals surface area contributed by atoms with Crippen LogP contribution in [0.2, 0.25) is 0 Å². The van der Waals surface area contributed by atoms with Crippen molar-refractivity contribution in [3.05, 3.63) is 102 Å². The Morgan fingerprint density at radius 1 is 0.912 bits per heavy atom. The lowest BCUT2D eigenvalue weighted by molar-refractivity contribution is 0.101. The van der Waals surface area contributed by atoms with E-state index < -0.39 is 0 Å². The summed E-state index contributed by atoms with van der Waals surface area (Å²) in [7, 11) is 0. The number of fused-ring (bicyclic) bond motifs is 1. The topological polar surface area (TPSA) is 69.0 Å². The third-order valence-corrected chi connectivity index (χ3v) is 5.49. The molecule has 0 aliphatic heterocycles. The lowest BCUT2D eigenvalue weighted by Crippen LogP contribution is -2.14. The van der Waals surface area contributed by atoms with Crippen LogP contribution in [0.3, 0.4) is 0 Å². The molecule has 34 heavy (non-hydrogen) atoms. The van der Waals surface area contributed by atoms with Crippen molar-refractivity contribution in [2.24, 2.45) is 0 Å². The molecule has 6 heteroatoms. The van der Waals surface area contributed by atoms with E-state index >= 15 is 0 Å². The number of rotatable bonds is 6. The molecule has 0 radical (unpaired) electrons. The predicted octanol–water partition coefficient (Wildman–Crippen LogP) is 6.05. The highest BCUT2D eigenvalue weighted by Crippen LogP contribution is 2.25. The first kappa shape index (κ1) is 21.4. The average Bonchev–Trinajstić information content (AvgIpc) is 3.30. The van der Waals surface area contributed by atoms with Gasteiger partial charge in [0, 0.05) is 11.3 Å². The number of aromatic nitrogens is 3. The summed E-state index contributed by atoms with van der Waals surface area (Å²) >= 11 is 0. The van der Waals surface area contributed by atoms with E-state index in [0.717, 1.165) is 33.3 Å². The minimum absolute atomic E-state index is 0.0959. The number of hydrogen-bond acceptors (Lipinski definition) is 4. The molecule has 6 nitrogen and oxygen atoms in total. The summed E-state index contributed by atoms with van der Waals surface area (Å²) in [5, 5.41) is 9.67. The Labute approximate surface area is 197 Å². The van der Waals surface area contributed by atoms with E-state index in [2.05, 4.69) is 15.4 Å². The molecule has 0 aliphatic rings. The van der Waals surface area contributed by atoms with Crippen LogP contribution in [0.1, 0.15) is 23.1 Å². The fourth-order valence-electron chi connectivity index (χ4n) is 3.86. The second-order valence-electron chi connectivity index (χ2n) is 7.98. The van der Waals surface area contributed by atoms with Crippen LogP contribution in [0.5, 0.6) is 5.75 Å². The minimum Gasteiger partial charge on any atom is -0.494 e. The lowest BCUT2D eigenvalue weighted by Gasteiger charge is -2.08. The molecular weight excluding hydrogens is 424 g/mol. The number of benzene rings is 4. The second kappa shape index (κ2) is 9.19. The van der Waals surface area contributed by atoms with E-state index in [1.54, 1.807) is 4.68 Å². The van der Waals surface area contributed by atoms with E-state index in [-0.39, 0.29) is 11.7 Å². The summed E-state index contributed by atoms with van der Waals surface area (Å²) in [5.41, 5.74) is 3.46. The Hall–Kier alpha value is -4.45. The number of ether oxygens (including phenoxy) is 1. The van der Waals surface area contributed by atoms with Gasteiger partial charge in [-0.2, -0.15) is 0 Å². The average molecular weight is 449 g/mol. The van der Waals surface area contributed by atoms with Gasteiger partial charge in [-0.3, -0.25) is 4.79 Å². The first-order valence-corrected chi connectivity index (χ1v) is 11.2. The highest BCUT2D eigenvalue weighted by molar-refractivity contribution is 6.03. The van der Waals surface area contributed by atoms with Gasteiger partial charge in [-0.05, 0) is 67.1 Å². The van der Waals surface area contributed by atoms with Crippen molar-refractivity contribution in [2.75, 3.05) is 11.9 Å². The normalized spacial score (nSPS) is 10.9. The molecule has 0 unspecified atom stereocenters. The van der Waals surface area contributed by atoms with E-state index in [1.807, 2.05) is 105 Å². The van der Waals surface area contributed by atoms with Crippen molar-refractivity contribution >= 4 is 22.4 Å². The minimum atomic E-state index is -0.367. The van der Waals surface area contributed by atoms with Gasteiger partial charge in [-0.1, -0.05) is 54.1 Å². The zero-order chi connectivity index (χ0) is 23.5. The summed E-state index contributed by atoms with van der Waals surface area (Å²) in [6.45, 7) is 4.56. The van der Waals surface area contributed by atoms with Crippen LogP contribution in [0, 0.1) is 6.92 Å². The highest BCUT2D eigenvalue weighted by atomic mass is 16.5. The SMILES string of the molecule is CCOc1ccc(-n2nc(C(=O)Nc3ccc4ccccc4c3)nc2-c2cccc(C)c2)cc1. The molecule has 1 heterocycles. The molecular formula is C28H24N4O2. The fourth-order valence-corrected chi connectivity index (χ4v) is 3.86. The number of amides is 1. The molecule has 0 saturated carbocycles. The maximum Gasteiger partial charge on any atom is 0.295 e.